The molecule has 2 rings (SSSR count). The summed E-state index contributed by atoms with van der Waals surface area (Å²) in [6, 6.07) is 1.71. The topological polar surface area (TPSA) is 74.8 Å². The third-order valence-corrected chi connectivity index (χ3v) is 2.97. The van der Waals surface area contributed by atoms with E-state index in [1.807, 2.05) is 13.8 Å². The Morgan fingerprint density at radius 3 is 3.06 bits per heavy atom. The van der Waals surface area contributed by atoms with Crippen LogP contribution < -0.4 is 10.9 Å². The van der Waals surface area contributed by atoms with Crippen LogP contribution in [0.2, 0.25) is 0 Å². The molecule has 0 saturated heterocycles. The van der Waals surface area contributed by atoms with E-state index in [4.69, 9.17) is 0 Å². The van der Waals surface area contributed by atoms with Crippen LogP contribution in [0.4, 0.5) is 0 Å². The van der Waals surface area contributed by atoms with E-state index in [1.165, 1.54) is 0 Å². The van der Waals surface area contributed by atoms with Crippen LogP contribution >= 0.6 is 0 Å². The van der Waals surface area contributed by atoms with Gasteiger partial charge in [-0.05, 0) is 38.7 Å². The van der Waals surface area contributed by atoms with Crippen LogP contribution in [-0.4, -0.2) is 22.1 Å². The summed E-state index contributed by atoms with van der Waals surface area (Å²) in [6.45, 7) is 3.89. The van der Waals surface area contributed by atoms with Crippen molar-refractivity contribution in [2.75, 3.05) is 0 Å². The van der Waals surface area contributed by atoms with Gasteiger partial charge in [0.2, 0.25) is 5.91 Å². The van der Waals surface area contributed by atoms with Gasteiger partial charge in [-0.1, -0.05) is 0 Å². The van der Waals surface area contributed by atoms with Gasteiger partial charge in [0.15, 0.2) is 0 Å². The molecule has 0 aliphatic heterocycles. The molecule has 2 N–H and O–H groups in total. The fraction of sp³-hybridized carbons (Fsp3) is 0.583. The van der Waals surface area contributed by atoms with Crippen LogP contribution in [-0.2, 0) is 17.6 Å². The van der Waals surface area contributed by atoms with E-state index >= 15 is 0 Å². The Morgan fingerprint density at radius 1 is 1.59 bits per heavy atom. The Hall–Kier alpha value is -1.65. The normalized spacial score (nSPS) is 18.9. The molecule has 92 valence electrons. The lowest BCUT2D eigenvalue weighted by Crippen LogP contribution is -2.38. The van der Waals surface area contributed by atoms with E-state index in [2.05, 4.69) is 15.5 Å². The maximum atomic E-state index is 11.9. The quantitative estimate of drug-likeness (QED) is 0.779. The first-order valence-electron chi connectivity index (χ1n) is 5.94. The van der Waals surface area contributed by atoms with E-state index < -0.39 is 0 Å². The Labute approximate surface area is 99.6 Å². The number of nitrogens with one attached hydrogen (secondary N) is 2. The average molecular weight is 235 g/mol. The molecule has 0 fully saturated rings. The van der Waals surface area contributed by atoms with Crippen molar-refractivity contribution in [2.24, 2.45) is 5.92 Å². The number of aromatic amines is 1. The highest BCUT2D eigenvalue weighted by atomic mass is 16.2. The first kappa shape index (κ1) is 11.8. The van der Waals surface area contributed by atoms with Crippen molar-refractivity contribution in [1.29, 1.82) is 0 Å². The molecule has 0 spiro atoms. The Morgan fingerprint density at radius 2 is 2.35 bits per heavy atom. The predicted octanol–water partition coefficient (Wildman–Crippen LogP) is 0.399. The first-order valence-corrected chi connectivity index (χ1v) is 5.94. The molecule has 0 radical (unpaired) electrons. The number of aromatic nitrogens is 2. The van der Waals surface area contributed by atoms with Gasteiger partial charge in [0.05, 0.1) is 5.69 Å². The molecular formula is C12H17N3O2. The summed E-state index contributed by atoms with van der Waals surface area (Å²) < 4.78 is 0. The van der Waals surface area contributed by atoms with E-state index in [9.17, 15) is 9.59 Å². The summed E-state index contributed by atoms with van der Waals surface area (Å²) in [5, 5.41) is 9.35. The molecule has 1 atom stereocenters. The Bertz CT molecular complexity index is 479. The number of hydrogen-bond acceptors (Lipinski definition) is 3. The van der Waals surface area contributed by atoms with E-state index in [0.29, 0.717) is 6.42 Å². The third-order valence-electron chi connectivity index (χ3n) is 2.97. The largest absolute Gasteiger partial charge is 0.354 e. The minimum absolute atomic E-state index is 0.0338. The van der Waals surface area contributed by atoms with Gasteiger partial charge in [-0.15, -0.1) is 0 Å². The highest BCUT2D eigenvalue weighted by molar-refractivity contribution is 5.79. The van der Waals surface area contributed by atoms with Gasteiger partial charge >= 0.3 is 0 Å². The fourth-order valence-corrected chi connectivity index (χ4v) is 2.17. The number of hydrogen-bond donors (Lipinski definition) is 2. The van der Waals surface area contributed by atoms with E-state index in [0.717, 1.165) is 24.1 Å². The van der Waals surface area contributed by atoms with E-state index in [1.54, 1.807) is 6.07 Å². The molecule has 0 bridgehead atoms. The maximum absolute atomic E-state index is 11.9. The number of H-pyrrole nitrogens is 1. The van der Waals surface area contributed by atoms with Gasteiger partial charge in [-0.3, -0.25) is 9.59 Å². The smallest absolute Gasteiger partial charge is 0.264 e. The molecule has 1 aromatic heterocycles. The fourth-order valence-electron chi connectivity index (χ4n) is 2.17. The van der Waals surface area contributed by atoms with Gasteiger partial charge in [0.25, 0.3) is 5.56 Å². The highest BCUT2D eigenvalue weighted by Gasteiger charge is 2.25. The standard InChI is InChI=1S/C12H17N3O2/c1-7(2)13-12(17)8-3-4-10-9(5-8)6-11(16)15-14-10/h6-8H,3-5H2,1-2H3,(H,13,17)(H,15,16)/t8-/m1/s1. The predicted molar refractivity (Wildman–Crippen MR) is 63.7 cm³/mol. The maximum Gasteiger partial charge on any atom is 0.264 e. The van der Waals surface area contributed by atoms with Crippen LogP contribution in [0.1, 0.15) is 31.5 Å². The van der Waals surface area contributed by atoms with Crippen LogP contribution in [0, 0.1) is 5.92 Å². The number of nitrogens with zero attached hydrogens (tertiary/aromatic N) is 1. The Kier molecular flexibility index (Phi) is 3.26. The monoisotopic (exact) mass is 235 g/mol. The minimum Gasteiger partial charge on any atom is -0.354 e. The molecule has 0 saturated carbocycles. The first-order chi connectivity index (χ1) is 8.06. The summed E-state index contributed by atoms with van der Waals surface area (Å²) in [6.07, 6.45) is 2.16. The number of carbonyl (C=O) groups excluding carboxylic acids is 1. The van der Waals surface area contributed by atoms with Crippen LogP contribution in [0.25, 0.3) is 0 Å². The zero-order valence-corrected chi connectivity index (χ0v) is 10.1. The number of amides is 1. The molecule has 17 heavy (non-hydrogen) atoms. The number of rotatable bonds is 2. The molecule has 5 heteroatoms. The molecule has 1 aliphatic carbocycles. The second kappa shape index (κ2) is 4.69. The van der Waals surface area contributed by atoms with Crippen LogP contribution in [0.3, 0.4) is 0 Å². The zero-order chi connectivity index (χ0) is 12.4. The molecule has 1 heterocycles. The second-order valence-electron chi connectivity index (χ2n) is 4.81. The van der Waals surface area contributed by atoms with Crippen molar-refractivity contribution in [3.05, 3.63) is 27.7 Å². The summed E-state index contributed by atoms with van der Waals surface area (Å²) >= 11 is 0. The van der Waals surface area contributed by atoms with Crippen LogP contribution in [0.5, 0.6) is 0 Å². The van der Waals surface area contributed by atoms with Crippen molar-refractivity contribution in [3.63, 3.8) is 0 Å². The third kappa shape index (κ3) is 2.72. The lowest BCUT2D eigenvalue weighted by atomic mass is 9.86. The summed E-state index contributed by atoms with van der Waals surface area (Å²) in [5.74, 6) is 0.0411. The van der Waals surface area contributed by atoms with Crippen molar-refractivity contribution >= 4 is 5.91 Å². The molecular weight excluding hydrogens is 218 g/mol. The van der Waals surface area contributed by atoms with E-state index in [-0.39, 0.29) is 23.4 Å². The van der Waals surface area contributed by atoms with Crippen molar-refractivity contribution < 1.29 is 4.79 Å². The average Bonchev–Trinajstić information content (AvgIpc) is 2.27. The zero-order valence-electron chi connectivity index (χ0n) is 10.1. The molecule has 0 aromatic carbocycles. The van der Waals surface area contributed by atoms with Gasteiger partial charge in [-0.2, -0.15) is 5.10 Å². The van der Waals surface area contributed by atoms with Gasteiger partial charge in [-0.25, -0.2) is 5.10 Å². The van der Waals surface area contributed by atoms with Crippen LogP contribution in [0.15, 0.2) is 10.9 Å². The summed E-state index contributed by atoms with van der Waals surface area (Å²) in [7, 11) is 0. The second-order valence-corrected chi connectivity index (χ2v) is 4.81. The molecule has 5 nitrogen and oxygen atoms in total. The Balaban J connectivity index is 2.12. The van der Waals surface area contributed by atoms with Crippen molar-refractivity contribution in [1.82, 2.24) is 15.5 Å². The minimum atomic E-state index is -0.200. The van der Waals surface area contributed by atoms with Crippen molar-refractivity contribution in [3.8, 4) is 0 Å². The molecule has 1 aromatic rings. The van der Waals surface area contributed by atoms with Gasteiger partial charge in [0.1, 0.15) is 0 Å². The molecule has 0 unspecified atom stereocenters. The summed E-state index contributed by atoms with van der Waals surface area (Å²) in [4.78, 5) is 23.1. The number of aryl methyl sites for hydroxylation is 1. The van der Waals surface area contributed by atoms with Gasteiger partial charge < -0.3 is 5.32 Å². The SMILES string of the molecule is CC(C)NC(=O)[C@@H]1CCc2n[nH]c(=O)cc2C1. The lowest BCUT2D eigenvalue weighted by molar-refractivity contribution is -0.125. The molecule has 1 amide bonds. The highest BCUT2D eigenvalue weighted by Crippen LogP contribution is 2.22. The number of fused-ring (bicyclic) bond motifs is 1. The van der Waals surface area contributed by atoms with Gasteiger partial charge in [0, 0.05) is 18.0 Å². The number of carbonyl (C=O) groups is 1. The van der Waals surface area contributed by atoms with Crippen molar-refractivity contribution in [2.45, 2.75) is 39.2 Å². The lowest BCUT2D eigenvalue weighted by Gasteiger charge is -2.23. The summed E-state index contributed by atoms with van der Waals surface area (Å²) in [5.41, 5.74) is 1.62. The molecule has 1 aliphatic rings.